The van der Waals surface area contributed by atoms with E-state index >= 15 is 0 Å². The third-order valence-corrected chi connectivity index (χ3v) is 6.77. The molecule has 0 radical (unpaired) electrons. The molecule has 0 spiro atoms. The summed E-state index contributed by atoms with van der Waals surface area (Å²) < 4.78 is 32.9. The first-order valence-corrected chi connectivity index (χ1v) is 10.5. The van der Waals surface area contributed by atoms with E-state index in [0.717, 1.165) is 32.4 Å². The molecular formula is C18H28N2O3S. The van der Waals surface area contributed by atoms with Gasteiger partial charge in [-0.25, -0.2) is 13.1 Å². The van der Waals surface area contributed by atoms with E-state index in [4.69, 9.17) is 4.74 Å². The third kappa shape index (κ3) is 4.57. The van der Waals surface area contributed by atoms with Gasteiger partial charge < -0.3 is 4.74 Å². The lowest BCUT2D eigenvalue weighted by atomic mass is 9.99. The number of hydrogen-bond donors (Lipinski definition) is 1. The standard InChI is InChI=1S/C18H28N2O3S/c1-18(15-19-24(21,22)14-17-8-11-23-13-17)9-5-10-20(18)12-16-6-3-2-4-7-16/h2-4,6-7,17,19H,5,8-15H2,1H3. The van der Waals surface area contributed by atoms with Gasteiger partial charge in [0.1, 0.15) is 0 Å². The van der Waals surface area contributed by atoms with Crippen molar-refractivity contribution in [2.75, 3.05) is 32.1 Å². The minimum absolute atomic E-state index is 0.116. The fraction of sp³-hybridized carbons (Fsp3) is 0.667. The minimum atomic E-state index is -3.24. The van der Waals surface area contributed by atoms with Crippen LogP contribution in [0.25, 0.3) is 0 Å². The summed E-state index contributed by atoms with van der Waals surface area (Å²) in [5, 5.41) is 0. The Balaban J connectivity index is 1.57. The maximum atomic E-state index is 12.4. The third-order valence-electron chi connectivity index (χ3n) is 5.28. The minimum Gasteiger partial charge on any atom is -0.381 e. The van der Waals surface area contributed by atoms with E-state index in [1.165, 1.54) is 5.56 Å². The molecule has 0 aromatic heterocycles. The van der Waals surface area contributed by atoms with Crippen LogP contribution in [-0.2, 0) is 21.3 Å². The van der Waals surface area contributed by atoms with Crippen LogP contribution in [0.5, 0.6) is 0 Å². The molecule has 5 nitrogen and oxygen atoms in total. The Labute approximate surface area is 145 Å². The summed E-state index contributed by atoms with van der Waals surface area (Å²) in [5.74, 6) is 0.321. The van der Waals surface area contributed by atoms with E-state index in [0.29, 0.717) is 19.8 Å². The van der Waals surface area contributed by atoms with Crippen LogP contribution in [-0.4, -0.2) is 50.9 Å². The van der Waals surface area contributed by atoms with Gasteiger partial charge in [0.2, 0.25) is 10.0 Å². The number of nitrogens with zero attached hydrogens (tertiary/aromatic N) is 1. The lowest BCUT2D eigenvalue weighted by molar-refractivity contribution is 0.151. The fourth-order valence-corrected chi connectivity index (χ4v) is 5.23. The molecule has 2 fully saturated rings. The Morgan fingerprint density at radius 2 is 2.12 bits per heavy atom. The molecule has 0 amide bonds. The Bertz CT molecular complexity index is 629. The smallest absolute Gasteiger partial charge is 0.212 e. The molecule has 134 valence electrons. The van der Waals surface area contributed by atoms with Gasteiger partial charge in [0.05, 0.1) is 12.4 Å². The number of rotatable bonds is 7. The molecule has 2 saturated heterocycles. The zero-order valence-electron chi connectivity index (χ0n) is 14.4. The molecule has 1 aromatic carbocycles. The van der Waals surface area contributed by atoms with Gasteiger partial charge >= 0.3 is 0 Å². The molecule has 2 aliphatic heterocycles. The second-order valence-electron chi connectivity index (χ2n) is 7.34. The molecule has 24 heavy (non-hydrogen) atoms. The highest BCUT2D eigenvalue weighted by Crippen LogP contribution is 2.30. The van der Waals surface area contributed by atoms with E-state index in [1.807, 2.05) is 6.07 Å². The van der Waals surface area contributed by atoms with Crippen LogP contribution < -0.4 is 4.72 Å². The Morgan fingerprint density at radius 3 is 2.83 bits per heavy atom. The lowest BCUT2D eigenvalue weighted by Crippen LogP contribution is -2.50. The molecule has 0 bridgehead atoms. The maximum absolute atomic E-state index is 12.4. The summed E-state index contributed by atoms with van der Waals surface area (Å²) in [4.78, 5) is 2.41. The summed E-state index contributed by atoms with van der Waals surface area (Å²) in [6.45, 7) is 5.79. The zero-order chi connectivity index (χ0) is 17.0. The molecule has 2 heterocycles. The highest BCUT2D eigenvalue weighted by molar-refractivity contribution is 7.89. The van der Waals surface area contributed by atoms with Crippen molar-refractivity contribution >= 4 is 10.0 Å². The normalized spacial score (nSPS) is 28.5. The van der Waals surface area contributed by atoms with E-state index in [9.17, 15) is 8.42 Å². The van der Waals surface area contributed by atoms with E-state index in [2.05, 4.69) is 40.8 Å². The summed E-state index contributed by atoms with van der Waals surface area (Å²) in [6.07, 6.45) is 2.98. The quantitative estimate of drug-likeness (QED) is 0.815. The van der Waals surface area contributed by atoms with E-state index in [1.54, 1.807) is 0 Å². The van der Waals surface area contributed by atoms with Crippen molar-refractivity contribution < 1.29 is 13.2 Å². The predicted octanol–water partition coefficient (Wildman–Crippen LogP) is 2.00. The Hall–Kier alpha value is -0.950. The Morgan fingerprint density at radius 1 is 1.33 bits per heavy atom. The highest BCUT2D eigenvalue weighted by Gasteiger charge is 2.37. The topological polar surface area (TPSA) is 58.6 Å². The molecule has 0 aliphatic carbocycles. The van der Waals surface area contributed by atoms with Crippen molar-refractivity contribution in [2.24, 2.45) is 5.92 Å². The molecule has 3 rings (SSSR count). The van der Waals surface area contributed by atoms with Crippen LogP contribution in [0, 0.1) is 5.92 Å². The number of hydrogen-bond acceptors (Lipinski definition) is 4. The number of likely N-dealkylation sites (tertiary alicyclic amines) is 1. The Kier molecular flexibility index (Phi) is 5.59. The SMILES string of the molecule is CC1(CNS(=O)(=O)CC2CCOC2)CCCN1Cc1ccccc1. The van der Waals surface area contributed by atoms with Gasteiger partial charge in [0, 0.05) is 25.2 Å². The first-order chi connectivity index (χ1) is 11.5. The molecular weight excluding hydrogens is 324 g/mol. The molecule has 6 heteroatoms. The van der Waals surface area contributed by atoms with Crippen LogP contribution in [0.15, 0.2) is 30.3 Å². The largest absolute Gasteiger partial charge is 0.381 e. The number of sulfonamides is 1. The predicted molar refractivity (Wildman–Crippen MR) is 95.2 cm³/mol. The van der Waals surface area contributed by atoms with E-state index in [-0.39, 0.29) is 17.2 Å². The molecule has 2 unspecified atom stereocenters. The number of nitrogens with one attached hydrogen (secondary N) is 1. The van der Waals surface area contributed by atoms with Crippen LogP contribution in [0.2, 0.25) is 0 Å². The molecule has 1 N–H and O–H groups in total. The van der Waals surface area contributed by atoms with Gasteiger partial charge in [-0.2, -0.15) is 0 Å². The van der Waals surface area contributed by atoms with Crippen molar-refractivity contribution in [3.05, 3.63) is 35.9 Å². The fourth-order valence-electron chi connectivity index (χ4n) is 3.70. The monoisotopic (exact) mass is 352 g/mol. The maximum Gasteiger partial charge on any atom is 0.212 e. The van der Waals surface area contributed by atoms with Crippen molar-refractivity contribution in [1.82, 2.24) is 9.62 Å². The van der Waals surface area contributed by atoms with Crippen LogP contribution in [0.1, 0.15) is 31.7 Å². The van der Waals surface area contributed by atoms with Gasteiger partial charge in [-0.15, -0.1) is 0 Å². The van der Waals surface area contributed by atoms with Gasteiger partial charge in [-0.1, -0.05) is 30.3 Å². The van der Waals surface area contributed by atoms with Crippen molar-refractivity contribution in [3.63, 3.8) is 0 Å². The number of ether oxygens (including phenoxy) is 1. The van der Waals surface area contributed by atoms with Gasteiger partial charge in [0.25, 0.3) is 0 Å². The second kappa shape index (κ2) is 7.52. The highest BCUT2D eigenvalue weighted by atomic mass is 32.2. The van der Waals surface area contributed by atoms with Gasteiger partial charge in [0.15, 0.2) is 0 Å². The van der Waals surface area contributed by atoms with Crippen molar-refractivity contribution in [1.29, 1.82) is 0 Å². The molecule has 0 saturated carbocycles. The van der Waals surface area contributed by atoms with E-state index < -0.39 is 10.0 Å². The van der Waals surface area contributed by atoms with Crippen LogP contribution in [0.4, 0.5) is 0 Å². The average molecular weight is 352 g/mol. The first-order valence-electron chi connectivity index (χ1n) is 8.81. The summed E-state index contributed by atoms with van der Waals surface area (Å²) in [7, 11) is -3.24. The number of benzene rings is 1. The first kappa shape index (κ1) is 17.9. The molecule has 2 aliphatic rings. The second-order valence-corrected chi connectivity index (χ2v) is 9.19. The summed E-state index contributed by atoms with van der Waals surface area (Å²) >= 11 is 0. The van der Waals surface area contributed by atoms with Gasteiger partial charge in [-0.3, -0.25) is 4.90 Å². The lowest BCUT2D eigenvalue weighted by Gasteiger charge is -2.35. The summed E-state index contributed by atoms with van der Waals surface area (Å²) in [6, 6.07) is 10.4. The van der Waals surface area contributed by atoms with Crippen LogP contribution in [0.3, 0.4) is 0 Å². The van der Waals surface area contributed by atoms with Crippen molar-refractivity contribution in [3.8, 4) is 0 Å². The molecule has 1 aromatic rings. The average Bonchev–Trinajstić information content (AvgIpc) is 3.17. The molecule has 2 atom stereocenters. The summed E-state index contributed by atoms with van der Waals surface area (Å²) in [5.41, 5.74) is 1.16. The zero-order valence-corrected chi connectivity index (χ0v) is 15.2. The van der Waals surface area contributed by atoms with Crippen LogP contribution >= 0.6 is 0 Å². The van der Waals surface area contributed by atoms with Gasteiger partial charge in [-0.05, 0) is 44.2 Å². The van der Waals surface area contributed by atoms with Crippen molar-refractivity contribution in [2.45, 2.75) is 38.3 Å².